The Hall–Kier alpha value is -6.38. The van der Waals surface area contributed by atoms with Gasteiger partial charge in [0, 0.05) is 17.7 Å². The van der Waals surface area contributed by atoms with Crippen LogP contribution in [0.1, 0.15) is 16.9 Å². The van der Waals surface area contributed by atoms with Crippen molar-refractivity contribution in [3.05, 3.63) is 229 Å². The molecule has 1 nitrogen and oxygen atoms in total. The maximum Gasteiger partial charge on any atom is 0.421 e. The molecule has 1 aromatic heterocycles. The van der Waals surface area contributed by atoms with Crippen molar-refractivity contribution in [1.29, 1.82) is 0 Å². The molecule has 0 radical (unpaired) electrons. The molecule has 0 unspecified atom stereocenters. The van der Waals surface area contributed by atoms with Crippen molar-refractivity contribution >= 4 is 28.3 Å². The van der Waals surface area contributed by atoms with E-state index in [2.05, 4.69) is 216 Å². The summed E-state index contributed by atoms with van der Waals surface area (Å²) < 4.78 is 3.75. The third-order valence-corrected chi connectivity index (χ3v) is 10.4. The van der Waals surface area contributed by atoms with Gasteiger partial charge in [-0.25, -0.2) is 0 Å². The molecule has 9 rings (SSSR count). The number of fused-ring (bicyclic) bond motifs is 1. The molecule has 0 spiro atoms. The Balaban J connectivity index is 1.32. The normalized spacial score (nSPS) is 13.3. The van der Waals surface area contributed by atoms with Gasteiger partial charge < -0.3 is 3.96 Å². The molecule has 8 aromatic rings. The van der Waals surface area contributed by atoms with Crippen LogP contribution in [0, 0.1) is 0 Å². The predicted molar refractivity (Wildman–Crippen MR) is 212 cm³/mol. The third kappa shape index (κ3) is 4.97. The summed E-state index contributed by atoms with van der Waals surface area (Å²) in [5.74, 6) is 1.15. The van der Waals surface area contributed by atoms with Crippen LogP contribution >= 0.6 is 0 Å². The fourth-order valence-electron chi connectivity index (χ4n) is 8.06. The van der Waals surface area contributed by atoms with Crippen LogP contribution in [-0.2, 0) is 0 Å². The standard InChI is InChI=1S/C48H35BO/c1-5-14-36(15-6-1)39-23-25-43(26-24-39)48-47(42-20-11-4-12-21-42)46-22-13-35-50(46)49(48,44-31-27-40(28-32-44)37-16-7-2-8-17-37)45-33-29-41(30-34-45)38-18-9-3-10-19-38/h1-35H. The van der Waals surface area contributed by atoms with E-state index in [9.17, 15) is 0 Å². The molecule has 7 aromatic carbocycles. The number of hydrogen-bond donors (Lipinski definition) is 0. The largest absolute Gasteiger partial charge is 0.777 e. The predicted octanol–water partition coefficient (Wildman–Crippen LogP) is 11.1. The summed E-state index contributed by atoms with van der Waals surface area (Å²) in [5.41, 5.74) is 14.7. The molecule has 0 saturated carbocycles. The van der Waals surface area contributed by atoms with Crippen LogP contribution in [0.4, 0.5) is 0 Å². The number of benzene rings is 7. The van der Waals surface area contributed by atoms with Gasteiger partial charge in [-0.15, -0.1) is 10.9 Å². The van der Waals surface area contributed by atoms with E-state index in [1.54, 1.807) is 0 Å². The lowest BCUT2D eigenvalue weighted by Gasteiger charge is -2.39. The monoisotopic (exact) mass is 638 g/mol. The lowest BCUT2D eigenvalue weighted by molar-refractivity contribution is 0.376. The molecular formula is C48H35BO. The second-order valence-electron chi connectivity index (χ2n) is 13.1. The molecule has 1 aliphatic rings. The zero-order valence-electron chi connectivity index (χ0n) is 27.7. The molecule has 0 bridgehead atoms. The van der Waals surface area contributed by atoms with Gasteiger partial charge in [0.2, 0.25) is 5.76 Å². The average molecular weight is 639 g/mol. The first kappa shape index (κ1) is 29.7. The van der Waals surface area contributed by atoms with Crippen LogP contribution in [-0.4, -0.2) is 6.35 Å². The van der Waals surface area contributed by atoms with Crippen molar-refractivity contribution in [3.8, 4) is 33.4 Å². The van der Waals surface area contributed by atoms with E-state index in [0.717, 1.165) is 5.76 Å². The van der Waals surface area contributed by atoms with Crippen molar-refractivity contribution in [2.75, 3.05) is 0 Å². The fraction of sp³-hybridized carbons (Fsp3) is 0. The van der Waals surface area contributed by atoms with Crippen LogP contribution in [0.25, 0.3) is 44.4 Å². The van der Waals surface area contributed by atoms with E-state index in [1.807, 2.05) is 0 Å². The summed E-state index contributed by atoms with van der Waals surface area (Å²) in [6.07, 6.45) is 0.462. The van der Waals surface area contributed by atoms with Crippen LogP contribution in [0.15, 0.2) is 216 Å². The quantitative estimate of drug-likeness (QED) is 0.121. The van der Waals surface area contributed by atoms with Crippen molar-refractivity contribution in [3.63, 3.8) is 0 Å². The zero-order chi connectivity index (χ0) is 33.3. The molecule has 50 heavy (non-hydrogen) atoms. The Morgan fingerprint density at radius 1 is 0.280 bits per heavy atom. The summed E-state index contributed by atoms with van der Waals surface area (Å²) in [4.78, 5) is 0. The van der Waals surface area contributed by atoms with Gasteiger partial charge in [-0.05, 0) is 44.5 Å². The van der Waals surface area contributed by atoms with Gasteiger partial charge in [0.1, 0.15) is 0 Å². The minimum atomic E-state index is -1.75. The Labute approximate surface area is 294 Å². The first-order valence-electron chi connectivity index (χ1n) is 17.4. The summed E-state index contributed by atoms with van der Waals surface area (Å²) in [5, 5.41) is 0. The molecular weight excluding hydrogens is 603 g/mol. The van der Waals surface area contributed by atoms with Gasteiger partial charge >= 0.3 is 6.35 Å². The SMILES string of the molecule is c1ccc(C2=C(c3ccc(-c4ccccc4)cc3)[B-](c3ccc(-c4ccccc4)cc3)(c3ccc(-c4ccccc4)cc3)[o+]3cccc32)cc1. The molecule has 0 atom stereocenters. The first-order valence-corrected chi connectivity index (χ1v) is 17.4. The zero-order valence-corrected chi connectivity index (χ0v) is 27.7. The van der Waals surface area contributed by atoms with Crippen molar-refractivity contribution in [1.82, 2.24) is 0 Å². The van der Waals surface area contributed by atoms with Gasteiger partial charge in [0.15, 0.2) is 6.26 Å². The van der Waals surface area contributed by atoms with Gasteiger partial charge in [-0.3, -0.25) is 0 Å². The summed E-state index contributed by atoms with van der Waals surface area (Å²) in [6, 6.07) is 74.9. The average Bonchev–Trinajstić information content (AvgIpc) is 3.80. The van der Waals surface area contributed by atoms with E-state index < -0.39 is 6.35 Å². The van der Waals surface area contributed by atoms with Gasteiger partial charge in [0.25, 0.3) is 0 Å². The first-order chi connectivity index (χ1) is 24.8. The molecule has 2 heteroatoms. The lowest BCUT2D eigenvalue weighted by atomic mass is 9.27. The molecule has 0 N–H and O–H groups in total. The number of furan rings is 1. The van der Waals surface area contributed by atoms with Crippen molar-refractivity contribution in [2.45, 2.75) is 0 Å². The van der Waals surface area contributed by atoms with Crippen molar-refractivity contribution < 1.29 is 3.96 Å². The number of rotatable bonds is 7. The molecule has 1 aliphatic heterocycles. The topological polar surface area (TPSA) is 2.70 Å². The lowest BCUT2D eigenvalue weighted by Crippen LogP contribution is -2.59. The van der Waals surface area contributed by atoms with Crippen molar-refractivity contribution in [2.24, 2.45) is 0 Å². The minimum absolute atomic E-state index is 1.15. The number of hydrogen-bond acceptors (Lipinski definition) is 0. The molecule has 236 valence electrons. The van der Waals surface area contributed by atoms with Gasteiger partial charge in [-0.2, -0.15) is 0 Å². The Morgan fingerprint density at radius 3 is 1.04 bits per heavy atom. The second kappa shape index (κ2) is 12.6. The van der Waals surface area contributed by atoms with E-state index in [-0.39, 0.29) is 0 Å². The Morgan fingerprint density at radius 2 is 0.620 bits per heavy atom. The van der Waals surface area contributed by atoms with E-state index in [1.165, 1.54) is 66.5 Å². The maximum absolute atomic E-state index is 3.75. The fourth-order valence-corrected chi connectivity index (χ4v) is 8.06. The molecule has 0 aliphatic carbocycles. The van der Waals surface area contributed by atoms with E-state index >= 15 is 0 Å². The highest BCUT2D eigenvalue weighted by atomic mass is 16.5. The van der Waals surface area contributed by atoms with Crippen LogP contribution < -0.4 is 10.9 Å². The van der Waals surface area contributed by atoms with E-state index in [0.29, 0.717) is 0 Å². The summed E-state index contributed by atoms with van der Waals surface area (Å²) >= 11 is 0. The molecule has 0 amide bonds. The molecule has 0 saturated heterocycles. The Kier molecular flexibility index (Phi) is 7.48. The molecule has 0 fully saturated rings. The maximum atomic E-state index is 3.75. The third-order valence-electron chi connectivity index (χ3n) is 10.4. The summed E-state index contributed by atoms with van der Waals surface area (Å²) in [7, 11) is 0. The highest BCUT2D eigenvalue weighted by Crippen LogP contribution is 2.49. The van der Waals surface area contributed by atoms with Crippen LogP contribution in [0.5, 0.6) is 0 Å². The highest BCUT2D eigenvalue weighted by molar-refractivity contribution is 7.13. The van der Waals surface area contributed by atoms with Crippen LogP contribution in [0.3, 0.4) is 0 Å². The van der Waals surface area contributed by atoms with E-state index in [4.69, 9.17) is 0 Å². The summed E-state index contributed by atoms with van der Waals surface area (Å²) in [6.45, 7) is 0. The second-order valence-corrected chi connectivity index (χ2v) is 13.1. The minimum Gasteiger partial charge on any atom is -0.777 e. The van der Waals surface area contributed by atoms with Crippen LogP contribution in [0.2, 0.25) is 0 Å². The smallest absolute Gasteiger partial charge is 0.421 e. The Bertz CT molecular complexity index is 2320. The molecule has 2 heterocycles. The van der Waals surface area contributed by atoms with Gasteiger partial charge in [0.05, 0.1) is 0 Å². The highest BCUT2D eigenvalue weighted by Gasteiger charge is 2.52. The van der Waals surface area contributed by atoms with Gasteiger partial charge in [-0.1, -0.05) is 200 Å².